The molecule has 0 fully saturated rings. The first-order valence-corrected chi connectivity index (χ1v) is 9.05. The molecule has 0 aromatic heterocycles. The van der Waals surface area contributed by atoms with Crippen molar-refractivity contribution in [2.45, 2.75) is 56.2 Å². The Morgan fingerprint density at radius 2 is 1.39 bits per heavy atom. The van der Waals surface area contributed by atoms with Crippen molar-refractivity contribution in [1.29, 1.82) is 0 Å². The molecule has 17 heteroatoms. The fraction of sp³-hybridized carbons (Fsp3) is 0.714. The molecule has 1 atom stereocenters. The molecule has 0 bridgehead atoms. The van der Waals surface area contributed by atoms with Crippen LogP contribution >= 0.6 is 0 Å². The van der Waals surface area contributed by atoms with E-state index >= 15 is 0 Å². The van der Waals surface area contributed by atoms with Crippen molar-refractivity contribution in [1.82, 2.24) is 0 Å². The molecule has 0 N–H and O–H groups in total. The summed E-state index contributed by atoms with van der Waals surface area (Å²) in [5, 5.41) is -5.20. The molecule has 0 heterocycles. The minimum absolute atomic E-state index is 0.987. The molecule has 0 saturated carbocycles. The van der Waals surface area contributed by atoms with Gasteiger partial charge in [-0.3, -0.25) is 0 Å². The summed E-state index contributed by atoms with van der Waals surface area (Å²) < 4.78 is 148. The average molecular weight is 495 g/mol. The molecule has 0 radical (unpaired) electrons. The number of ether oxygens (including phenoxy) is 3. The van der Waals surface area contributed by atoms with Crippen molar-refractivity contribution in [2.75, 3.05) is 6.61 Å². The molecule has 0 amide bonds. The second-order valence-electron chi connectivity index (χ2n) is 6.67. The van der Waals surface area contributed by atoms with Crippen molar-refractivity contribution < 1.29 is 71.9 Å². The highest BCUT2D eigenvalue weighted by atomic mass is 32.2. The van der Waals surface area contributed by atoms with Gasteiger partial charge in [-0.15, -0.1) is 0 Å². The molecule has 0 aliphatic rings. The molecule has 8 nitrogen and oxygen atoms in total. The first-order chi connectivity index (χ1) is 13.4. The molecule has 0 rings (SSSR count). The average Bonchev–Trinajstić information content (AvgIpc) is 2.47. The van der Waals surface area contributed by atoms with Gasteiger partial charge >= 0.3 is 35.3 Å². The summed E-state index contributed by atoms with van der Waals surface area (Å²) in [4.78, 5) is 23.6. The van der Waals surface area contributed by atoms with Gasteiger partial charge in [-0.05, 0) is 20.8 Å². The molecule has 0 aliphatic carbocycles. The number of rotatable bonds is 8. The SMILES string of the molecule is C=C(C(=O)OC(OCCC(F)(F)S(=O)(=O)[O-])(C(=O)OC(C)(C)C)C(F)(F)F)C(F)(F)F. The third-order valence-corrected chi connectivity index (χ3v) is 3.87. The van der Waals surface area contributed by atoms with Crippen LogP contribution in [0.4, 0.5) is 35.1 Å². The van der Waals surface area contributed by atoms with Crippen LogP contribution in [0.25, 0.3) is 0 Å². The van der Waals surface area contributed by atoms with Crippen molar-refractivity contribution in [3.05, 3.63) is 12.2 Å². The van der Waals surface area contributed by atoms with Gasteiger partial charge in [0.05, 0.1) is 6.61 Å². The second kappa shape index (κ2) is 8.85. The quantitative estimate of drug-likeness (QED) is 0.166. The highest BCUT2D eigenvalue weighted by molar-refractivity contribution is 7.86. The fourth-order valence-corrected chi connectivity index (χ4v) is 1.81. The zero-order valence-electron chi connectivity index (χ0n) is 15.8. The molecular formula is C14H15F8O8S-. The lowest BCUT2D eigenvalue weighted by Gasteiger charge is -2.35. The number of hydrogen-bond donors (Lipinski definition) is 0. The largest absolute Gasteiger partial charge is 0.743 e. The van der Waals surface area contributed by atoms with Crippen LogP contribution in [0.1, 0.15) is 27.2 Å². The Kier molecular flexibility index (Phi) is 8.28. The van der Waals surface area contributed by atoms with E-state index in [-0.39, 0.29) is 0 Å². The maximum absolute atomic E-state index is 13.6. The topological polar surface area (TPSA) is 119 Å². The highest BCUT2D eigenvalue weighted by Crippen LogP contribution is 2.40. The number of carbonyl (C=O) groups is 2. The van der Waals surface area contributed by atoms with E-state index in [0.29, 0.717) is 0 Å². The number of halogens is 8. The van der Waals surface area contributed by atoms with E-state index in [1.165, 1.54) is 0 Å². The Morgan fingerprint density at radius 1 is 0.935 bits per heavy atom. The Morgan fingerprint density at radius 3 is 1.71 bits per heavy atom. The standard InChI is InChI=1S/C14H16F8O8S/c1-7(13(17,18)19)8(23)29-12(14(20,21)22,9(24)30-10(2,3)4)28-6-5-11(15,16)31(25,26)27/h1,5-6H2,2-4H3,(H,25,26,27)/p-1. The minimum atomic E-state index is -6.39. The monoisotopic (exact) mass is 495 g/mol. The lowest BCUT2D eigenvalue weighted by atomic mass is 10.1. The van der Waals surface area contributed by atoms with Gasteiger partial charge in [0.25, 0.3) is 0 Å². The summed E-state index contributed by atoms with van der Waals surface area (Å²) in [5.41, 5.74) is -4.31. The third-order valence-electron chi connectivity index (χ3n) is 2.93. The lowest BCUT2D eigenvalue weighted by molar-refractivity contribution is -0.358. The first kappa shape index (κ1) is 29.0. The van der Waals surface area contributed by atoms with Crippen molar-refractivity contribution in [3.63, 3.8) is 0 Å². The summed E-state index contributed by atoms with van der Waals surface area (Å²) in [6.45, 7) is 3.02. The molecular weight excluding hydrogens is 480 g/mol. The van der Waals surface area contributed by atoms with Gasteiger partial charge in [0.15, 0.2) is 10.1 Å². The van der Waals surface area contributed by atoms with Crippen molar-refractivity contribution in [3.8, 4) is 0 Å². The van der Waals surface area contributed by atoms with Crippen LogP contribution in [0.15, 0.2) is 12.2 Å². The third kappa shape index (κ3) is 7.57. The van der Waals surface area contributed by atoms with E-state index in [4.69, 9.17) is 0 Å². The molecule has 31 heavy (non-hydrogen) atoms. The normalized spacial score (nSPS) is 15.7. The van der Waals surface area contributed by atoms with E-state index in [1.807, 2.05) is 0 Å². The van der Waals surface area contributed by atoms with Crippen LogP contribution in [0, 0.1) is 0 Å². The molecule has 0 saturated heterocycles. The Hall–Kier alpha value is -2.01. The van der Waals surface area contributed by atoms with Gasteiger partial charge < -0.3 is 18.8 Å². The van der Waals surface area contributed by atoms with Gasteiger partial charge in [0.1, 0.15) is 11.2 Å². The zero-order valence-corrected chi connectivity index (χ0v) is 16.6. The van der Waals surface area contributed by atoms with Crippen LogP contribution < -0.4 is 0 Å². The molecule has 182 valence electrons. The summed E-state index contributed by atoms with van der Waals surface area (Å²) in [5.74, 6) is -10.6. The molecule has 0 spiro atoms. The van der Waals surface area contributed by atoms with Crippen LogP contribution in [0.3, 0.4) is 0 Å². The van der Waals surface area contributed by atoms with Gasteiger partial charge in [-0.1, -0.05) is 6.58 Å². The van der Waals surface area contributed by atoms with Gasteiger partial charge in [0, 0.05) is 6.42 Å². The van der Waals surface area contributed by atoms with Crippen molar-refractivity contribution in [2.24, 2.45) is 0 Å². The number of hydrogen-bond acceptors (Lipinski definition) is 8. The van der Waals surface area contributed by atoms with Gasteiger partial charge in [-0.2, -0.15) is 35.1 Å². The number of esters is 2. The summed E-state index contributed by atoms with van der Waals surface area (Å²) in [6.07, 6.45) is -14.1. The maximum atomic E-state index is 13.6. The number of alkyl halides is 8. The summed E-state index contributed by atoms with van der Waals surface area (Å²) >= 11 is 0. The van der Waals surface area contributed by atoms with E-state index in [9.17, 15) is 57.7 Å². The van der Waals surface area contributed by atoms with E-state index in [0.717, 1.165) is 20.8 Å². The van der Waals surface area contributed by atoms with E-state index in [2.05, 4.69) is 20.8 Å². The molecule has 0 aliphatic heterocycles. The number of carbonyl (C=O) groups excluding carboxylic acids is 2. The van der Waals surface area contributed by atoms with Crippen LogP contribution in [0.5, 0.6) is 0 Å². The van der Waals surface area contributed by atoms with E-state index in [1.54, 1.807) is 0 Å². The molecule has 1 unspecified atom stereocenters. The van der Waals surface area contributed by atoms with Gasteiger partial charge in [0.2, 0.25) is 0 Å². The fourth-order valence-electron chi connectivity index (χ4n) is 1.48. The van der Waals surface area contributed by atoms with Gasteiger partial charge in [-0.25, -0.2) is 18.0 Å². The molecule has 0 aromatic rings. The predicted octanol–water partition coefficient (Wildman–Crippen LogP) is 2.79. The lowest BCUT2D eigenvalue weighted by Crippen LogP contribution is -2.60. The van der Waals surface area contributed by atoms with Crippen molar-refractivity contribution >= 4 is 22.1 Å². The van der Waals surface area contributed by atoms with Crippen LogP contribution in [-0.2, 0) is 33.9 Å². The maximum Gasteiger partial charge on any atom is 0.468 e. The Bertz CT molecular complexity index is 810. The second-order valence-corrected chi connectivity index (χ2v) is 8.18. The summed E-state index contributed by atoms with van der Waals surface area (Å²) in [6, 6.07) is 0. The smallest absolute Gasteiger partial charge is 0.468 e. The van der Waals surface area contributed by atoms with Crippen LogP contribution in [-0.4, -0.2) is 60.5 Å². The first-order valence-electron chi connectivity index (χ1n) is 7.64. The summed E-state index contributed by atoms with van der Waals surface area (Å²) in [7, 11) is -6.39. The predicted molar refractivity (Wildman–Crippen MR) is 81.1 cm³/mol. The minimum Gasteiger partial charge on any atom is -0.743 e. The molecule has 0 aromatic carbocycles. The van der Waals surface area contributed by atoms with Crippen LogP contribution in [0.2, 0.25) is 0 Å². The zero-order chi connectivity index (χ0) is 25.3. The Labute approximate surface area is 169 Å². The Balaban J connectivity index is 6.25. The highest BCUT2D eigenvalue weighted by Gasteiger charge is 2.69. The van der Waals surface area contributed by atoms with E-state index < -0.39 is 69.7 Å².